The molecule has 1 rings (SSSR count). The molecule has 0 aliphatic carbocycles. The molecule has 20 heavy (non-hydrogen) atoms. The molecule has 0 atom stereocenters. The average Bonchev–Trinajstić information content (AvgIpc) is 2.25. The van der Waals surface area contributed by atoms with Crippen molar-refractivity contribution in [1.82, 2.24) is 4.72 Å². The monoisotopic (exact) mass is 360 g/mol. The lowest BCUT2D eigenvalue weighted by atomic mass is 10.3. The minimum absolute atomic E-state index is 0.0747. The van der Waals surface area contributed by atoms with E-state index in [1.807, 2.05) is 0 Å². The second-order valence-corrected chi connectivity index (χ2v) is 8.68. The predicted octanol–water partition coefficient (Wildman–Crippen LogP) is 1.31. The summed E-state index contributed by atoms with van der Waals surface area (Å²) in [4.78, 5) is 0. The molecule has 0 saturated heterocycles. The molecule has 1 N–H and O–H groups in total. The second kappa shape index (κ2) is 6.48. The van der Waals surface area contributed by atoms with Gasteiger partial charge in [-0.1, -0.05) is 23.2 Å². The SMILES string of the molecule is CS(=O)(=O)NCCN(c1cc(Cl)ccc1Cl)S(C)(=O)=O. The number of hydrogen-bond donors (Lipinski definition) is 1. The minimum Gasteiger partial charge on any atom is -0.268 e. The first kappa shape index (κ1) is 17.5. The summed E-state index contributed by atoms with van der Waals surface area (Å²) in [6, 6.07) is 4.41. The summed E-state index contributed by atoms with van der Waals surface area (Å²) < 4.78 is 48.8. The molecule has 0 heterocycles. The van der Waals surface area contributed by atoms with Gasteiger partial charge in [-0.2, -0.15) is 0 Å². The number of anilines is 1. The van der Waals surface area contributed by atoms with Crippen LogP contribution in [0.15, 0.2) is 18.2 Å². The van der Waals surface area contributed by atoms with Crippen molar-refractivity contribution in [1.29, 1.82) is 0 Å². The number of benzene rings is 1. The summed E-state index contributed by atoms with van der Waals surface area (Å²) >= 11 is 11.8. The van der Waals surface area contributed by atoms with Gasteiger partial charge in [-0.3, -0.25) is 4.31 Å². The number of nitrogens with zero attached hydrogens (tertiary/aromatic N) is 1. The van der Waals surface area contributed by atoms with Crippen LogP contribution >= 0.6 is 23.2 Å². The quantitative estimate of drug-likeness (QED) is 0.828. The number of hydrogen-bond acceptors (Lipinski definition) is 4. The van der Waals surface area contributed by atoms with E-state index in [4.69, 9.17) is 23.2 Å². The van der Waals surface area contributed by atoms with Gasteiger partial charge < -0.3 is 0 Å². The first-order chi connectivity index (χ1) is 9.00. The Morgan fingerprint density at radius 1 is 1.15 bits per heavy atom. The van der Waals surface area contributed by atoms with E-state index < -0.39 is 20.0 Å². The van der Waals surface area contributed by atoms with Crippen LogP contribution in [-0.4, -0.2) is 42.4 Å². The largest absolute Gasteiger partial charge is 0.268 e. The maximum Gasteiger partial charge on any atom is 0.232 e. The van der Waals surface area contributed by atoms with Gasteiger partial charge in [0, 0.05) is 18.1 Å². The Morgan fingerprint density at radius 3 is 2.25 bits per heavy atom. The highest BCUT2D eigenvalue weighted by atomic mass is 35.5. The number of rotatable bonds is 6. The van der Waals surface area contributed by atoms with Crippen LogP contribution in [0, 0.1) is 0 Å². The maximum absolute atomic E-state index is 11.8. The Morgan fingerprint density at radius 2 is 1.75 bits per heavy atom. The predicted molar refractivity (Wildman–Crippen MR) is 81.5 cm³/mol. The van der Waals surface area contributed by atoms with Crippen LogP contribution in [0.2, 0.25) is 10.0 Å². The van der Waals surface area contributed by atoms with Gasteiger partial charge in [0.05, 0.1) is 23.2 Å². The van der Waals surface area contributed by atoms with Crippen molar-refractivity contribution >= 4 is 48.9 Å². The molecule has 1 aromatic rings. The molecule has 0 radical (unpaired) electrons. The molecule has 0 fully saturated rings. The van der Waals surface area contributed by atoms with Crippen LogP contribution in [0.25, 0.3) is 0 Å². The van der Waals surface area contributed by atoms with Crippen LogP contribution in [0.5, 0.6) is 0 Å². The van der Waals surface area contributed by atoms with Gasteiger partial charge in [0.1, 0.15) is 0 Å². The van der Waals surface area contributed by atoms with Crippen molar-refractivity contribution in [2.24, 2.45) is 0 Å². The van der Waals surface area contributed by atoms with Gasteiger partial charge in [-0.05, 0) is 18.2 Å². The van der Waals surface area contributed by atoms with Crippen molar-refractivity contribution in [3.63, 3.8) is 0 Å². The van der Waals surface area contributed by atoms with Crippen molar-refractivity contribution in [2.75, 3.05) is 29.9 Å². The molecule has 0 unspecified atom stereocenters. The summed E-state index contributed by atoms with van der Waals surface area (Å²) in [7, 11) is -7.02. The van der Waals surface area contributed by atoms with Gasteiger partial charge in [0.25, 0.3) is 0 Å². The van der Waals surface area contributed by atoms with Crippen LogP contribution in [0.4, 0.5) is 5.69 Å². The molecule has 0 bridgehead atoms. The highest BCUT2D eigenvalue weighted by Crippen LogP contribution is 2.30. The van der Waals surface area contributed by atoms with Crippen LogP contribution in [0.1, 0.15) is 0 Å². The topological polar surface area (TPSA) is 83.6 Å². The van der Waals surface area contributed by atoms with Crippen molar-refractivity contribution in [2.45, 2.75) is 0 Å². The zero-order chi connectivity index (χ0) is 15.6. The molecule has 0 aliphatic rings. The molecule has 0 spiro atoms. The third-order valence-corrected chi connectivity index (χ3v) is 4.72. The number of nitrogens with one attached hydrogen (secondary N) is 1. The van der Waals surface area contributed by atoms with E-state index in [2.05, 4.69) is 4.72 Å². The Bertz CT molecular complexity index is 689. The fourth-order valence-electron chi connectivity index (χ4n) is 1.47. The molecular weight excluding hydrogens is 347 g/mol. The molecule has 0 aromatic heterocycles. The Labute approximate surface area is 128 Å². The fraction of sp³-hybridized carbons (Fsp3) is 0.400. The molecule has 0 aliphatic heterocycles. The molecule has 0 saturated carbocycles. The zero-order valence-corrected chi connectivity index (χ0v) is 13.9. The Kier molecular flexibility index (Phi) is 5.68. The van der Waals surface area contributed by atoms with E-state index in [-0.39, 0.29) is 23.8 Å². The van der Waals surface area contributed by atoms with Crippen molar-refractivity contribution in [3.05, 3.63) is 28.2 Å². The lowest BCUT2D eigenvalue weighted by molar-refractivity contribution is 0.583. The van der Waals surface area contributed by atoms with Crippen LogP contribution in [0.3, 0.4) is 0 Å². The summed E-state index contributed by atoms with van der Waals surface area (Å²) in [5.41, 5.74) is 0.206. The van der Waals surface area contributed by atoms with E-state index >= 15 is 0 Å². The van der Waals surface area contributed by atoms with Crippen LogP contribution in [-0.2, 0) is 20.0 Å². The van der Waals surface area contributed by atoms with Crippen molar-refractivity contribution < 1.29 is 16.8 Å². The first-order valence-corrected chi connectivity index (χ1v) is 9.87. The molecule has 1 aromatic carbocycles. The van der Waals surface area contributed by atoms with Crippen LogP contribution < -0.4 is 9.03 Å². The Hall–Kier alpha value is -0.540. The maximum atomic E-state index is 11.8. The Balaban J connectivity index is 3.05. The second-order valence-electron chi connectivity index (χ2n) is 4.10. The standard InChI is InChI=1S/C10H14Cl2N2O4S2/c1-19(15,16)13-5-6-14(20(2,17)18)10-7-8(11)3-4-9(10)12/h3-4,7,13H,5-6H2,1-2H3. The lowest BCUT2D eigenvalue weighted by Gasteiger charge is -2.23. The van der Waals surface area contributed by atoms with E-state index in [1.165, 1.54) is 18.2 Å². The third kappa shape index (κ3) is 5.45. The van der Waals surface area contributed by atoms with Gasteiger partial charge >= 0.3 is 0 Å². The molecular formula is C10H14Cl2N2O4S2. The summed E-state index contributed by atoms with van der Waals surface area (Å²) in [6.45, 7) is -0.166. The average molecular weight is 361 g/mol. The molecule has 10 heteroatoms. The van der Waals surface area contributed by atoms with Gasteiger partial charge in [-0.25, -0.2) is 21.6 Å². The summed E-state index contributed by atoms with van der Waals surface area (Å²) in [6.07, 6.45) is 1.99. The van der Waals surface area contributed by atoms with Gasteiger partial charge in [0.2, 0.25) is 20.0 Å². The lowest BCUT2D eigenvalue weighted by Crippen LogP contribution is -2.38. The highest BCUT2D eigenvalue weighted by molar-refractivity contribution is 7.92. The molecule has 114 valence electrons. The molecule has 6 nitrogen and oxygen atoms in total. The summed E-state index contributed by atoms with van der Waals surface area (Å²) in [5.74, 6) is 0. The number of halogens is 2. The van der Waals surface area contributed by atoms with E-state index in [1.54, 1.807) is 0 Å². The minimum atomic E-state index is -3.62. The molecule has 0 amide bonds. The normalized spacial score (nSPS) is 12.4. The van der Waals surface area contributed by atoms with Crippen molar-refractivity contribution in [3.8, 4) is 0 Å². The number of sulfonamides is 2. The van der Waals surface area contributed by atoms with Gasteiger partial charge in [-0.15, -0.1) is 0 Å². The smallest absolute Gasteiger partial charge is 0.232 e. The van der Waals surface area contributed by atoms with E-state index in [0.29, 0.717) is 5.02 Å². The van der Waals surface area contributed by atoms with Gasteiger partial charge in [0.15, 0.2) is 0 Å². The van der Waals surface area contributed by atoms with E-state index in [0.717, 1.165) is 16.8 Å². The third-order valence-electron chi connectivity index (χ3n) is 2.26. The highest BCUT2D eigenvalue weighted by Gasteiger charge is 2.20. The zero-order valence-electron chi connectivity index (χ0n) is 10.8. The summed E-state index contributed by atoms with van der Waals surface area (Å²) in [5, 5.41) is 0.535. The van der Waals surface area contributed by atoms with E-state index in [9.17, 15) is 16.8 Å². The fourth-order valence-corrected chi connectivity index (χ4v) is 3.30. The first-order valence-electron chi connectivity index (χ1n) is 5.38.